The standard InChI is InChI=1S/C14H12FNO3S2/c15-10-5-2-1-4-9(10)8-11-13(19)16(14(20)21-11)7-3-6-12(17)18/h1-2,4-5,8H,3,6-7H2,(H,17,18)/p-1/b11-8-. The first-order valence-electron chi connectivity index (χ1n) is 6.19. The number of thiocarbonyl (C=S) groups is 1. The fourth-order valence-corrected chi connectivity index (χ4v) is 3.11. The molecular weight excluding hydrogens is 313 g/mol. The molecule has 2 rings (SSSR count). The molecule has 4 nitrogen and oxygen atoms in total. The first kappa shape index (κ1) is 15.7. The molecule has 1 heterocycles. The molecule has 21 heavy (non-hydrogen) atoms. The van der Waals surface area contributed by atoms with Crippen molar-refractivity contribution < 1.29 is 19.1 Å². The largest absolute Gasteiger partial charge is 0.550 e. The van der Waals surface area contributed by atoms with Gasteiger partial charge >= 0.3 is 0 Å². The SMILES string of the molecule is O=C([O-])CCCN1C(=O)/C(=C/c2ccccc2F)SC1=S. The topological polar surface area (TPSA) is 60.4 Å². The Morgan fingerprint density at radius 3 is 2.81 bits per heavy atom. The highest BCUT2D eigenvalue weighted by atomic mass is 32.2. The predicted octanol–water partition coefficient (Wildman–Crippen LogP) is 1.56. The Bertz CT molecular complexity index is 630. The minimum absolute atomic E-state index is 0.135. The van der Waals surface area contributed by atoms with Crippen molar-refractivity contribution in [3.63, 3.8) is 0 Å². The van der Waals surface area contributed by atoms with Crippen LogP contribution in [-0.4, -0.2) is 27.6 Å². The van der Waals surface area contributed by atoms with Crippen molar-refractivity contribution in [1.82, 2.24) is 4.90 Å². The van der Waals surface area contributed by atoms with Crippen LogP contribution in [0, 0.1) is 5.82 Å². The Hall–Kier alpha value is -1.73. The highest BCUT2D eigenvalue weighted by Gasteiger charge is 2.31. The third-order valence-corrected chi connectivity index (χ3v) is 4.21. The molecule has 0 atom stereocenters. The van der Waals surface area contributed by atoms with Gasteiger partial charge in [-0.1, -0.05) is 42.2 Å². The third kappa shape index (κ3) is 3.89. The van der Waals surface area contributed by atoms with Crippen LogP contribution in [0.1, 0.15) is 18.4 Å². The van der Waals surface area contributed by atoms with Gasteiger partial charge in [0.05, 0.1) is 4.91 Å². The highest BCUT2D eigenvalue weighted by molar-refractivity contribution is 8.26. The van der Waals surface area contributed by atoms with Crippen molar-refractivity contribution in [1.29, 1.82) is 0 Å². The summed E-state index contributed by atoms with van der Waals surface area (Å²) in [7, 11) is 0. The maximum absolute atomic E-state index is 13.6. The summed E-state index contributed by atoms with van der Waals surface area (Å²) in [5.74, 6) is -1.91. The number of carbonyl (C=O) groups is 2. The lowest BCUT2D eigenvalue weighted by Gasteiger charge is -2.14. The van der Waals surface area contributed by atoms with E-state index in [0.29, 0.717) is 14.8 Å². The second-order valence-corrected chi connectivity index (χ2v) is 6.01. The first-order valence-corrected chi connectivity index (χ1v) is 7.41. The van der Waals surface area contributed by atoms with Crippen LogP contribution in [0.5, 0.6) is 0 Å². The fraction of sp³-hybridized carbons (Fsp3) is 0.214. The van der Waals surface area contributed by atoms with Crippen LogP contribution in [0.2, 0.25) is 0 Å². The molecule has 0 aromatic heterocycles. The maximum atomic E-state index is 13.6. The molecule has 0 saturated carbocycles. The monoisotopic (exact) mass is 324 g/mol. The molecular formula is C14H11FNO3S2-. The van der Waals surface area contributed by atoms with Crippen LogP contribution >= 0.6 is 24.0 Å². The zero-order chi connectivity index (χ0) is 15.4. The van der Waals surface area contributed by atoms with Gasteiger partial charge in [0.15, 0.2) is 0 Å². The summed E-state index contributed by atoms with van der Waals surface area (Å²) in [6.07, 6.45) is 1.58. The lowest BCUT2D eigenvalue weighted by atomic mass is 10.2. The molecule has 0 spiro atoms. The number of carbonyl (C=O) groups excluding carboxylic acids is 2. The van der Waals surface area contributed by atoms with Crippen molar-refractivity contribution in [3.05, 3.63) is 40.6 Å². The van der Waals surface area contributed by atoms with Crippen molar-refractivity contribution >= 4 is 46.3 Å². The average molecular weight is 324 g/mol. The number of benzene rings is 1. The van der Waals surface area contributed by atoms with Gasteiger partial charge < -0.3 is 9.90 Å². The van der Waals surface area contributed by atoms with Crippen molar-refractivity contribution in [3.8, 4) is 0 Å². The van der Waals surface area contributed by atoms with E-state index in [0.717, 1.165) is 11.8 Å². The van der Waals surface area contributed by atoms with Gasteiger partial charge in [-0.25, -0.2) is 4.39 Å². The number of rotatable bonds is 5. The molecule has 0 N–H and O–H groups in total. The van der Waals surface area contributed by atoms with Crippen molar-refractivity contribution in [2.75, 3.05) is 6.54 Å². The summed E-state index contributed by atoms with van der Waals surface area (Å²) in [4.78, 5) is 24.2. The average Bonchev–Trinajstić information content (AvgIpc) is 2.68. The van der Waals surface area contributed by atoms with E-state index in [2.05, 4.69) is 0 Å². The van der Waals surface area contributed by atoms with E-state index in [-0.39, 0.29) is 25.3 Å². The zero-order valence-electron chi connectivity index (χ0n) is 10.9. The number of hydrogen-bond donors (Lipinski definition) is 0. The predicted molar refractivity (Wildman–Crippen MR) is 80.5 cm³/mol. The van der Waals surface area contributed by atoms with Crippen molar-refractivity contribution in [2.24, 2.45) is 0 Å². The fourth-order valence-electron chi connectivity index (χ4n) is 1.81. The van der Waals surface area contributed by atoms with Gasteiger partial charge in [-0.3, -0.25) is 9.69 Å². The van der Waals surface area contributed by atoms with Crippen LogP contribution in [-0.2, 0) is 9.59 Å². The lowest BCUT2D eigenvalue weighted by molar-refractivity contribution is -0.305. The highest BCUT2D eigenvalue weighted by Crippen LogP contribution is 2.33. The van der Waals surface area contributed by atoms with E-state index in [9.17, 15) is 19.1 Å². The molecule has 1 aromatic carbocycles. The molecule has 1 aliphatic heterocycles. The van der Waals surface area contributed by atoms with E-state index in [4.69, 9.17) is 12.2 Å². The van der Waals surface area contributed by atoms with Crippen LogP contribution < -0.4 is 5.11 Å². The van der Waals surface area contributed by atoms with E-state index in [1.54, 1.807) is 18.2 Å². The van der Waals surface area contributed by atoms with Gasteiger partial charge in [0.2, 0.25) is 0 Å². The summed E-state index contributed by atoms with van der Waals surface area (Å²) in [6.45, 7) is 0.216. The van der Waals surface area contributed by atoms with Gasteiger partial charge in [0.1, 0.15) is 10.1 Å². The first-order chi connectivity index (χ1) is 9.99. The number of hydrogen-bond acceptors (Lipinski definition) is 5. The Morgan fingerprint density at radius 1 is 1.43 bits per heavy atom. The number of halogens is 1. The van der Waals surface area contributed by atoms with Gasteiger partial charge in [0, 0.05) is 18.1 Å². The van der Waals surface area contributed by atoms with Crippen LogP contribution in [0.4, 0.5) is 4.39 Å². The van der Waals surface area contributed by atoms with E-state index in [1.165, 1.54) is 17.0 Å². The van der Waals surface area contributed by atoms with E-state index < -0.39 is 11.8 Å². The van der Waals surface area contributed by atoms with Gasteiger partial charge in [-0.05, 0) is 25.0 Å². The number of carboxylic acid groups (broad SMARTS) is 1. The normalized spacial score (nSPS) is 16.8. The maximum Gasteiger partial charge on any atom is 0.266 e. The number of aliphatic carboxylic acids is 1. The van der Waals surface area contributed by atoms with Crippen molar-refractivity contribution in [2.45, 2.75) is 12.8 Å². The van der Waals surface area contributed by atoms with E-state index in [1.807, 2.05) is 0 Å². The molecule has 0 unspecified atom stereocenters. The molecule has 110 valence electrons. The smallest absolute Gasteiger partial charge is 0.266 e. The van der Waals surface area contributed by atoms with Crippen LogP contribution in [0.3, 0.4) is 0 Å². The lowest BCUT2D eigenvalue weighted by Crippen LogP contribution is -2.30. The van der Waals surface area contributed by atoms with Crippen LogP contribution in [0.25, 0.3) is 6.08 Å². The summed E-state index contributed by atoms with van der Waals surface area (Å²) < 4.78 is 13.9. The number of nitrogens with zero attached hydrogens (tertiary/aromatic N) is 1. The minimum atomic E-state index is -1.16. The molecule has 1 fully saturated rings. The molecule has 0 aliphatic carbocycles. The van der Waals surface area contributed by atoms with Gasteiger partial charge in [-0.2, -0.15) is 0 Å². The summed E-state index contributed by atoms with van der Waals surface area (Å²) in [6, 6.07) is 6.12. The number of amides is 1. The Labute approximate surface area is 130 Å². The third-order valence-electron chi connectivity index (χ3n) is 2.83. The quantitative estimate of drug-likeness (QED) is 0.608. The minimum Gasteiger partial charge on any atom is -0.550 e. The second kappa shape index (κ2) is 6.82. The Morgan fingerprint density at radius 2 is 2.14 bits per heavy atom. The molecule has 7 heteroatoms. The molecule has 0 bridgehead atoms. The molecule has 1 amide bonds. The molecule has 1 aromatic rings. The molecule has 1 aliphatic rings. The van der Waals surface area contributed by atoms with Gasteiger partial charge in [0.25, 0.3) is 5.91 Å². The Balaban J connectivity index is 2.11. The summed E-state index contributed by atoms with van der Waals surface area (Å²) in [5.41, 5.74) is 0.313. The summed E-state index contributed by atoms with van der Waals surface area (Å²) in [5, 5.41) is 10.4. The zero-order valence-corrected chi connectivity index (χ0v) is 12.5. The van der Waals surface area contributed by atoms with E-state index >= 15 is 0 Å². The molecule has 0 radical (unpaired) electrons. The van der Waals surface area contributed by atoms with Gasteiger partial charge in [-0.15, -0.1) is 0 Å². The number of carboxylic acids is 1. The molecule has 1 saturated heterocycles. The summed E-state index contributed by atoms with van der Waals surface area (Å²) >= 11 is 6.18. The Kier molecular flexibility index (Phi) is 5.08. The number of thioether (sulfide) groups is 1. The second-order valence-electron chi connectivity index (χ2n) is 4.33. The van der Waals surface area contributed by atoms with Crippen LogP contribution in [0.15, 0.2) is 29.2 Å².